The minimum absolute atomic E-state index is 0.196. The summed E-state index contributed by atoms with van der Waals surface area (Å²) >= 11 is -2.41. The molecular weight excluding hydrogens is 357 g/mol. The molecule has 0 aromatic rings. The van der Waals surface area contributed by atoms with Crippen molar-refractivity contribution >= 4 is 24.5 Å². The number of hydrogen-bond donors (Lipinski definition) is 0. The summed E-state index contributed by atoms with van der Waals surface area (Å²) in [5, 5.41) is 0. The first-order valence-electron chi connectivity index (χ1n) is 7.39. The molecule has 1 aliphatic heterocycles. The molecule has 0 fully saturated rings. The Labute approximate surface area is 127 Å². The minimum atomic E-state index is -2.41. The van der Waals surface area contributed by atoms with Gasteiger partial charge in [-0.1, -0.05) is 0 Å². The monoisotopic (exact) mass is 387 g/mol. The van der Waals surface area contributed by atoms with Gasteiger partial charge in [-0.15, -0.1) is 0 Å². The molecule has 0 N–H and O–H groups in total. The Morgan fingerprint density at radius 3 is 2.30 bits per heavy atom. The molecule has 0 spiro atoms. The summed E-state index contributed by atoms with van der Waals surface area (Å²) in [7, 11) is 0. The third kappa shape index (κ3) is 4.27. The first kappa shape index (κ1) is 17.6. The Balaban J connectivity index is 3.13. The molecule has 1 rings (SSSR count). The third-order valence-corrected chi connectivity index (χ3v) is 9.01. The van der Waals surface area contributed by atoms with Gasteiger partial charge in [0.2, 0.25) is 0 Å². The molecule has 4 heteroatoms. The molecule has 0 saturated heterocycles. The van der Waals surface area contributed by atoms with E-state index in [1.165, 1.54) is 14.9 Å². The van der Waals surface area contributed by atoms with E-state index in [0.717, 1.165) is 19.4 Å². The maximum absolute atomic E-state index is 12.4. The number of hydrogen-bond acceptors (Lipinski definition) is 2. The Bertz CT molecular complexity index is 438. The van der Waals surface area contributed by atoms with Crippen LogP contribution in [0.4, 0.5) is 4.79 Å². The van der Waals surface area contributed by atoms with E-state index in [4.69, 9.17) is 4.74 Å². The number of amides is 1. The van der Waals surface area contributed by atoms with Crippen molar-refractivity contribution in [2.24, 2.45) is 0 Å². The van der Waals surface area contributed by atoms with E-state index >= 15 is 0 Å². The second-order valence-electron chi connectivity index (χ2n) is 7.42. The molecular formula is C16H29NO2Sn. The molecule has 114 valence electrons. The van der Waals surface area contributed by atoms with E-state index < -0.39 is 24.0 Å². The van der Waals surface area contributed by atoms with Crippen LogP contribution in [0.2, 0.25) is 14.8 Å². The number of carbonyl (C=O) groups is 1. The van der Waals surface area contributed by atoms with Crippen molar-refractivity contribution in [3.05, 3.63) is 21.4 Å². The second-order valence-corrected chi connectivity index (χ2v) is 21.6. The summed E-state index contributed by atoms with van der Waals surface area (Å²) in [6.45, 7) is 12.8. The van der Waals surface area contributed by atoms with Gasteiger partial charge in [-0.25, -0.2) is 0 Å². The number of allylic oxidation sites excluding steroid dienone is 1. The summed E-state index contributed by atoms with van der Waals surface area (Å²) in [6.07, 6.45) is 1.68. The molecule has 0 unspecified atom stereocenters. The van der Waals surface area contributed by atoms with Gasteiger partial charge in [-0.2, -0.15) is 0 Å². The van der Waals surface area contributed by atoms with Crippen LogP contribution in [0.15, 0.2) is 21.4 Å². The van der Waals surface area contributed by atoms with Crippen molar-refractivity contribution in [2.75, 3.05) is 6.54 Å². The molecule has 1 aliphatic rings. The molecule has 0 aromatic heterocycles. The molecule has 0 bridgehead atoms. The van der Waals surface area contributed by atoms with E-state index in [9.17, 15) is 4.79 Å². The van der Waals surface area contributed by atoms with E-state index in [1.54, 1.807) is 0 Å². The zero-order valence-electron chi connectivity index (χ0n) is 14.1. The SMILES string of the molecule is C=C(CC)C1=[C]([Sn]([CH3])([CH3])[CH3])N(C(=O)OC(C)(C)C)CC1. The van der Waals surface area contributed by atoms with Crippen LogP contribution in [0.1, 0.15) is 40.5 Å². The van der Waals surface area contributed by atoms with E-state index in [1.807, 2.05) is 25.7 Å². The molecule has 1 amide bonds. The van der Waals surface area contributed by atoms with Gasteiger partial charge in [0.1, 0.15) is 0 Å². The summed E-state index contributed by atoms with van der Waals surface area (Å²) in [4.78, 5) is 21.4. The van der Waals surface area contributed by atoms with Crippen LogP contribution in [-0.4, -0.2) is 41.5 Å². The van der Waals surface area contributed by atoms with Crippen LogP contribution in [-0.2, 0) is 4.74 Å². The molecule has 0 atom stereocenters. The van der Waals surface area contributed by atoms with Gasteiger partial charge in [-0.3, -0.25) is 0 Å². The molecule has 0 saturated carbocycles. The fourth-order valence-electron chi connectivity index (χ4n) is 2.53. The number of rotatable bonds is 3. The Hall–Kier alpha value is -0.451. The summed E-state index contributed by atoms with van der Waals surface area (Å²) in [6, 6.07) is 0. The first-order chi connectivity index (χ1) is 8.97. The van der Waals surface area contributed by atoms with Gasteiger partial charge in [-0.05, 0) is 0 Å². The van der Waals surface area contributed by atoms with Crippen molar-refractivity contribution in [1.29, 1.82) is 0 Å². The molecule has 20 heavy (non-hydrogen) atoms. The number of carbonyl (C=O) groups excluding carboxylic acids is 1. The first-order valence-corrected chi connectivity index (χ1v) is 17.4. The average molecular weight is 386 g/mol. The van der Waals surface area contributed by atoms with Crippen LogP contribution >= 0.6 is 0 Å². The number of nitrogens with zero attached hydrogens (tertiary/aromatic N) is 1. The average Bonchev–Trinajstić information content (AvgIpc) is 2.69. The quantitative estimate of drug-likeness (QED) is 0.657. The third-order valence-electron chi connectivity index (χ3n) is 3.32. The fraction of sp³-hybridized carbons (Fsp3) is 0.688. The van der Waals surface area contributed by atoms with Crippen LogP contribution in [0, 0.1) is 0 Å². The predicted molar refractivity (Wildman–Crippen MR) is 87.4 cm³/mol. The van der Waals surface area contributed by atoms with Crippen molar-refractivity contribution in [2.45, 2.75) is 61.0 Å². The van der Waals surface area contributed by atoms with Gasteiger partial charge in [0, 0.05) is 0 Å². The number of ether oxygens (including phenoxy) is 1. The van der Waals surface area contributed by atoms with Crippen LogP contribution < -0.4 is 0 Å². The van der Waals surface area contributed by atoms with E-state index in [0.29, 0.717) is 0 Å². The normalized spacial score (nSPS) is 16.6. The zero-order chi connectivity index (χ0) is 15.7. The summed E-state index contributed by atoms with van der Waals surface area (Å²) in [5.41, 5.74) is 2.06. The topological polar surface area (TPSA) is 29.5 Å². The molecule has 0 aliphatic carbocycles. The van der Waals surface area contributed by atoms with Crippen LogP contribution in [0.25, 0.3) is 0 Å². The maximum atomic E-state index is 12.4. The Morgan fingerprint density at radius 1 is 1.35 bits per heavy atom. The Kier molecular flexibility index (Phi) is 5.39. The molecule has 3 nitrogen and oxygen atoms in total. The summed E-state index contributed by atoms with van der Waals surface area (Å²) in [5.74, 6) is 0. The van der Waals surface area contributed by atoms with Gasteiger partial charge in [0.25, 0.3) is 0 Å². The van der Waals surface area contributed by atoms with Gasteiger partial charge < -0.3 is 0 Å². The predicted octanol–water partition coefficient (Wildman–Crippen LogP) is 4.72. The van der Waals surface area contributed by atoms with Gasteiger partial charge in [0.05, 0.1) is 0 Å². The summed E-state index contributed by atoms with van der Waals surface area (Å²) < 4.78 is 6.84. The van der Waals surface area contributed by atoms with Crippen molar-refractivity contribution in [1.82, 2.24) is 4.90 Å². The van der Waals surface area contributed by atoms with Gasteiger partial charge >= 0.3 is 128 Å². The van der Waals surface area contributed by atoms with Gasteiger partial charge in [0.15, 0.2) is 0 Å². The zero-order valence-corrected chi connectivity index (χ0v) is 16.9. The fourth-order valence-corrected chi connectivity index (χ4v) is 8.87. The Morgan fingerprint density at radius 2 is 1.90 bits per heavy atom. The molecule has 0 aromatic carbocycles. The van der Waals surface area contributed by atoms with Crippen molar-refractivity contribution in [3.63, 3.8) is 0 Å². The van der Waals surface area contributed by atoms with Crippen LogP contribution in [0.3, 0.4) is 0 Å². The second kappa shape index (κ2) is 6.12. The molecule has 1 heterocycles. The van der Waals surface area contributed by atoms with E-state index in [2.05, 4.69) is 28.3 Å². The van der Waals surface area contributed by atoms with E-state index in [-0.39, 0.29) is 6.09 Å². The van der Waals surface area contributed by atoms with Crippen LogP contribution in [0.5, 0.6) is 0 Å². The van der Waals surface area contributed by atoms with Crippen molar-refractivity contribution < 1.29 is 9.53 Å². The molecule has 0 radical (unpaired) electrons. The van der Waals surface area contributed by atoms with Crippen molar-refractivity contribution in [3.8, 4) is 0 Å². The standard InChI is InChI=1S/C13H20NO2.3CH3.Sn/c1-6-10(2)11-7-8-14(9-11)12(15)16-13(3,4)5;;;;/h2,6-8H2,1,3-5H3;3*1H3;.